The summed E-state index contributed by atoms with van der Waals surface area (Å²) in [7, 11) is 0. The second-order valence-electron chi connectivity index (χ2n) is 4.79. The number of aromatic nitrogens is 1. The monoisotopic (exact) mass is 261 g/mol. The van der Waals surface area contributed by atoms with Crippen molar-refractivity contribution in [2.45, 2.75) is 32.1 Å². The van der Waals surface area contributed by atoms with E-state index in [0.717, 1.165) is 28.1 Å². The van der Waals surface area contributed by atoms with Gasteiger partial charge >= 0.3 is 5.97 Å². The molecule has 4 heteroatoms. The van der Waals surface area contributed by atoms with Crippen molar-refractivity contribution in [1.29, 1.82) is 0 Å². The molecule has 18 heavy (non-hydrogen) atoms. The Morgan fingerprint density at radius 2 is 2.28 bits per heavy atom. The highest BCUT2D eigenvalue weighted by Gasteiger charge is 2.55. The van der Waals surface area contributed by atoms with Gasteiger partial charge in [-0.3, -0.25) is 4.79 Å². The number of esters is 1. The van der Waals surface area contributed by atoms with Crippen LogP contribution in [0.1, 0.15) is 30.3 Å². The third kappa shape index (κ3) is 1.72. The summed E-state index contributed by atoms with van der Waals surface area (Å²) >= 11 is 1.62. The van der Waals surface area contributed by atoms with E-state index < -0.39 is 5.41 Å². The second-order valence-corrected chi connectivity index (χ2v) is 5.82. The van der Waals surface area contributed by atoms with Gasteiger partial charge in [-0.25, -0.2) is 4.98 Å². The minimum Gasteiger partial charge on any atom is -0.465 e. The average molecular weight is 261 g/mol. The van der Waals surface area contributed by atoms with E-state index in [9.17, 15) is 4.79 Å². The Balaban J connectivity index is 2.02. The lowest BCUT2D eigenvalue weighted by molar-refractivity contribution is -0.146. The topological polar surface area (TPSA) is 39.2 Å². The first kappa shape index (κ1) is 11.7. The molecule has 0 spiro atoms. The molecule has 0 amide bonds. The van der Waals surface area contributed by atoms with Gasteiger partial charge in [-0.2, -0.15) is 0 Å². The van der Waals surface area contributed by atoms with Crippen LogP contribution in [-0.4, -0.2) is 17.6 Å². The lowest BCUT2D eigenvalue weighted by Crippen LogP contribution is -2.22. The summed E-state index contributed by atoms with van der Waals surface area (Å²) in [6.07, 6.45) is 1.73. The van der Waals surface area contributed by atoms with Crippen molar-refractivity contribution in [1.82, 2.24) is 4.98 Å². The highest BCUT2D eigenvalue weighted by atomic mass is 32.1. The molecular weight excluding hydrogens is 246 g/mol. The first-order valence-electron chi connectivity index (χ1n) is 6.20. The molecule has 0 radical (unpaired) electrons. The largest absolute Gasteiger partial charge is 0.465 e. The molecule has 1 heterocycles. The number of hydrogen-bond donors (Lipinski definition) is 0. The van der Waals surface area contributed by atoms with Gasteiger partial charge in [0.1, 0.15) is 10.4 Å². The lowest BCUT2D eigenvalue weighted by atomic mass is 10.1. The van der Waals surface area contributed by atoms with Gasteiger partial charge < -0.3 is 4.74 Å². The van der Waals surface area contributed by atoms with Crippen LogP contribution < -0.4 is 0 Å². The molecule has 1 fully saturated rings. The van der Waals surface area contributed by atoms with Crippen LogP contribution in [0.5, 0.6) is 0 Å². The van der Waals surface area contributed by atoms with Crippen LogP contribution in [0.25, 0.3) is 10.2 Å². The second kappa shape index (κ2) is 4.05. The van der Waals surface area contributed by atoms with Crippen LogP contribution in [0.4, 0.5) is 0 Å². The Labute approximate surface area is 110 Å². The van der Waals surface area contributed by atoms with E-state index in [1.165, 1.54) is 5.56 Å². The van der Waals surface area contributed by atoms with E-state index in [0.29, 0.717) is 6.61 Å². The van der Waals surface area contributed by atoms with Crippen LogP contribution in [-0.2, 0) is 14.9 Å². The highest BCUT2D eigenvalue weighted by Crippen LogP contribution is 2.51. The van der Waals surface area contributed by atoms with Crippen LogP contribution in [0.15, 0.2) is 18.2 Å². The number of thiazole rings is 1. The Morgan fingerprint density at radius 3 is 2.94 bits per heavy atom. The van der Waals surface area contributed by atoms with E-state index in [4.69, 9.17) is 4.74 Å². The smallest absolute Gasteiger partial charge is 0.319 e. The van der Waals surface area contributed by atoms with Crippen molar-refractivity contribution in [3.63, 3.8) is 0 Å². The standard InChI is InChI=1S/C14H15NO2S/c1-3-17-13(16)14(6-7-14)12-15-10-8-9(2)4-5-11(10)18-12/h4-5,8H,3,6-7H2,1-2H3. The molecule has 1 aliphatic rings. The summed E-state index contributed by atoms with van der Waals surface area (Å²) in [5.74, 6) is -0.110. The molecule has 3 nitrogen and oxygen atoms in total. The fourth-order valence-corrected chi connectivity index (χ4v) is 3.32. The number of benzene rings is 1. The van der Waals surface area contributed by atoms with Crippen molar-refractivity contribution in [2.75, 3.05) is 6.61 Å². The lowest BCUT2D eigenvalue weighted by Gasteiger charge is -2.09. The van der Waals surface area contributed by atoms with E-state index >= 15 is 0 Å². The minimum atomic E-state index is -0.437. The van der Waals surface area contributed by atoms with Crippen molar-refractivity contribution >= 4 is 27.5 Å². The fourth-order valence-electron chi connectivity index (χ4n) is 2.14. The van der Waals surface area contributed by atoms with Crippen LogP contribution in [0.3, 0.4) is 0 Å². The molecule has 0 bridgehead atoms. The normalized spacial score (nSPS) is 16.8. The van der Waals surface area contributed by atoms with Crippen LogP contribution in [0, 0.1) is 6.92 Å². The number of nitrogens with zero attached hydrogens (tertiary/aromatic N) is 1. The minimum absolute atomic E-state index is 0.110. The van der Waals surface area contributed by atoms with Gasteiger partial charge in [0.2, 0.25) is 0 Å². The number of aryl methyl sites for hydroxylation is 1. The SMILES string of the molecule is CCOC(=O)C1(c2nc3cc(C)ccc3s2)CC1. The Kier molecular flexibility index (Phi) is 2.63. The zero-order chi connectivity index (χ0) is 12.8. The number of fused-ring (bicyclic) bond motifs is 1. The first-order valence-corrected chi connectivity index (χ1v) is 7.02. The molecule has 94 valence electrons. The van der Waals surface area contributed by atoms with E-state index in [1.807, 2.05) is 6.92 Å². The summed E-state index contributed by atoms with van der Waals surface area (Å²) in [4.78, 5) is 16.6. The molecule has 1 aromatic carbocycles. The number of ether oxygens (including phenoxy) is 1. The third-order valence-corrected chi connectivity index (χ3v) is 4.61. The van der Waals surface area contributed by atoms with Gasteiger partial charge in [-0.15, -0.1) is 11.3 Å². The number of carbonyl (C=O) groups is 1. The van der Waals surface area contributed by atoms with Crippen molar-refractivity contribution in [3.8, 4) is 0 Å². The Bertz CT molecular complexity index is 613. The maximum absolute atomic E-state index is 12.0. The van der Waals surface area contributed by atoms with E-state index in [2.05, 4.69) is 30.1 Å². The molecule has 3 rings (SSSR count). The van der Waals surface area contributed by atoms with Crippen LogP contribution >= 0.6 is 11.3 Å². The van der Waals surface area contributed by atoms with E-state index in [1.54, 1.807) is 11.3 Å². The highest BCUT2D eigenvalue weighted by molar-refractivity contribution is 7.18. The fraction of sp³-hybridized carbons (Fsp3) is 0.429. The summed E-state index contributed by atoms with van der Waals surface area (Å²) < 4.78 is 6.32. The quantitative estimate of drug-likeness (QED) is 0.796. The molecule has 0 unspecified atom stereocenters. The molecule has 2 aromatic rings. The number of carbonyl (C=O) groups excluding carboxylic acids is 1. The molecule has 0 atom stereocenters. The van der Waals surface area contributed by atoms with Gasteiger partial charge in [-0.05, 0) is 44.4 Å². The Hall–Kier alpha value is -1.42. The number of rotatable bonds is 3. The Morgan fingerprint density at radius 1 is 1.50 bits per heavy atom. The third-order valence-electron chi connectivity index (χ3n) is 3.37. The predicted octanol–water partition coefficient (Wildman–Crippen LogP) is 3.20. The zero-order valence-corrected chi connectivity index (χ0v) is 11.3. The van der Waals surface area contributed by atoms with Gasteiger partial charge in [0, 0.05) is 0 Å². The van der Waals surface area contributed by atoms with Crippen molar-refractivity contribution in [2.24, 2.45) is 0 Å². The summed E-state index contributed by atoms with van der Waals surface area (Å²) in [6, 6.07) is 6.22. The maximum Gasteiger partial charge on any atom is 0.319 e. The molecule has 0 saturated heterocycles. The van der Waals surface area contributed by atoms with Crippen molar-refractivity contribution < 1.29 is 9.53 Å². The summed E-state index contributed by atoms with van der Waals surface area (Å²) in [5, 5.41) is 0.918. The first-order chi connectivity index (χ1) is 8.65. The van der Waals surface area contributed by atoms with E-state index in [-0.39, 0.29) is 5.97 Å². The maximum atomic E-state index is 12.0. The number of hydrogen-bond acceptors (Lipinski definition) is 4. The van der Waals surface area contributed by atoms with Gasteiger partial charge in [0.15, 0.2) is 0 Å². The van der Waals surface area contributed by atoms with Crippen LogP contribution in [0.2, 0.25) is 0 Å². The summed E-state index contributed by atoms with van der Waals surface area (Å²) in [5.41, 5.74) is 1.75. The van der Waals surface area contributed by atoms with Gasteiger partial charge in [0.05, 0.1) is 16.8 Å². The molecule has 1 aromatic heterocycles. The van der Waals surface area contributed by atoms with Gasteiger partial charge in [-0.1, -0.05) is 6.07 Å². The molecule has 0 aliphatic heterocycles. The average Bonchev–Trinajstić information content (AvgIpc) is 3.05. The van der Waals surface area contributed by atoms with Gasteiger partial charge in [0.25, 0.3) is 0 Å². The molecular formula is C14H15NO2S. The zero-order valence-electron chi connectivity index (χ0n) is 10.5. The molecule has 1 aliphatic carbocycles. The van der Waals surface area contributed by atoms with Crippen molar-refractivity contribution in [3.05, 3.63) is 28.8 Å². The summed E-state index contributed by atoms with van der Waals surface area (Å²) in [6.45, 7) is 4.33. The molecule has 0 N–H and O–H groups in total. The predicted molar refractivity (Wildman–Crippen MR) is 71.9 cm³/mol. The molecule has 1 saturated carbocycles.